The van der Waals surface area contributed by atoms with Crippen LogP contribution in [0.2, 0.25) is 0 Å². The zero-order valence-corrected chi connectivity index (χ0v) is 45.9. The monoisotopic (exact) mass is 1020 g/mol. The highest BCUT2D eigenvalue weighted by atomic mass is 16.6. The quantitative estimate of drug-likeness (QED) is 0.0220. The number of methoxy groups -OCH3 is 1. The van der Waals surface area contributed by atoms with E-state index in [2.05, 4.69) is 13.8 Å². The summed E-state index contributed by atoms with van der Waals surface area (Å²) in [6, 6.07) is 6.91. The van der Waals surface area contributed by atoms with E-state index in [1.807, 2.05) is 19.9 Å². The average molecular weight is 1020 g/mol. The number of ether oxygens (including phenoxy) is 6. The van der Waals surface area contributed by atoms with E-state index < -0.39 is 24.0 Å². The molecule has 0 unspecified atom stereocenters. The molecule has 0 spiro atoms. The molecule has 0 saturated heterocycles. The number of hydrogen-bond donors (Lipinski definition) is 1. The summed E-state index contributed by atoms with van der Waals surface area (Å²) in [6.45, 7) is 7.94. The van der Waals surface area contributed by atoms with Crippen molar-refractivity contribution in [2.45, 2.75) is 252 Å². The Labute approximate surface area is 439 Å². The first-order valence-electron chi connectivity index (χ1n) is 28.5. The second-order valence-electron chi connectivity index (χ2n) is 20.3. The highest BCUT2D eigenvalue weighted by Crippen LogP contribution is 2.42. The van der Waals surface area contributed by atoms with Crippen LogP contribution in [0.4, 0.5) is 0 Å². The fourth-order valence-electron chi connectivity index (χ4n) is 9.31. The van der Waals surface area contributed by atoms with Crippen LogP contribution in [0.5, 0.6) is 17.2 Å². The van der Waals surface area contributed by atoms with Crippen molar-refractivity contribution in [2.75, 3.05) is 20.3 Å². The number of esters is 5. The number of carbonyl (C=O) groups is 5. The number of fused-ring (bicyclic) bond motifs is 1. The summed E-state index contributed by atoms with van der Waals surface area (Å²) >= 11 is 0. The number of rotatable bonds is 43. The van der Waals surface area contributed by atoms with Crippen LogP contribution < -0.4 is 9.47 Å². The van der Waals surface area contributed by atoms with Crippen molar-refractivity contribution >= 4 is 29.8 Å². The van der Waals surface area contributed by atoms with Crippen LogP contribution in [0.15, 0.2) is 35.9 Å². The molecule has 0 radical (unpaired) electrons. The third-order valence-electron chi connectivity index (χ3n) is 13.9. The van der Waals surface area contributed by atoms with Gasteiger partial charge in [-0.15, -0.1) is 0 Å². The van der Waals surface area contributed by atoms with Gasteiger partial charge in [-0.2, -0.15) is 0 Å². The lowest BCUT2D eigenvalue weighted by atomic mass is 9.94. The van der Waals surface area contributed by atoms with Crippen molar-refractivity contribution < 1.29 is 57.5 Å². The molecule has 0 fully saturated rings. The summed E-state index contributed by atoms with van der Waals surface area (Å²) in [4.78, 5) is 63.6. The van der Waals surface area contributed by atoms with Crippen LogP contribution in [0, 0.1) is 6.92 Å². The number of cyclic esters (lactones) is 1. The third kappa shape index (κ3) is 26.8. The number of phenols is 1. The summed E-state index contributed by atoms with van der Waals surface area (Å²) in [5.41, 5.74) is 3.77. The molecule has 0 aliphatic carbocycles. The Hall–Kier alpha value is -4.87. The number of benzene rings is 2. The predicted molar refractivity (Wildman–Crippen MR) is 288 cm³/mol. The maximum atomic E-state index is 13.1. The molecule has 1 aliphatic rings. The molecule has 73 heavy (non-hydrogen) atoms. The van der Waals surface area contributed by atoms with Gasteiger partial charge >= 0.3 is 29.8 Å². The number of aromatic hydroxyl groups is 1. The maximum Gasteiger partial charge on any atom is 0.342 e. The van der Waals surface area contributed by atoms with Gasteiger partial charge in [0, 0.05) is 36.8 Å². The topological polar surface area (TPSA) is 161 Å². The summed E-state index contributed by atoms with van der Waals surface area (Å²) in [7, 11) is 1.52. The zero-order valence-electron chi connectivity index (χ0n) is 45.9. The van der Waals surface area contributed by atoms with Crippen molar-refractivity contribution in [3.05, 3.63) is 63.7 Å². The minimum atomic E-state index is -0.919. The molecule has 0 saturated carbocycles. The van der Waals surface area contributed by atoms with E-state index >= 15 is 0 Å². The van der Waals surface area contributed by atoms with Crippen molar-refractivity contribution in [3.63, 3.8) is 0 Å². The molecule has 0 bridgehead atoms. The van der Waals surface area contributed by atoms with E-state index in [1.165, 1.54) is 136 Å². The van der Waals surface area contributed by atoms with Gasteiger partial charge in [0.1, 0.15) is 42.6 Å². The Balaban J connectivity index is 1.40. The third-order valence-corrected chi connectivity index (χ3v) is 13.9. The summed E-state index contributed by atoms with van der Waals surface area (Å²) in [5, 5.41) is 10.9. The SMILES string of the molecule is CCCCCCCCCCCCCCCC(=O)OCC(COC(=O)CCCCCCCCCCCCCCC)OC(=O)CCc1ccc(OC(=O)CC/C(C)=C/Cc2c(O)c3c(c(C)c2OC)COC3=O)cc1. The number of aryl methyl sites for hydroxylation is 1. The normalized spacial score (nSPS) is 12.2. The van der Waals surface area contributed by atoms with E-state index in [-0.39, 0.29) is 55.9 Å². The van der Waals surface area contributed by atoms with Crippen molar-refractivity contribution in [3.8, 4) is 17.2 Å². The van der Waals surface area contributed by atoms with E-state index in [1.54, 1.807) is 24.3 Å². The molecule has 3 rings (SSSR count). The smallest absolute Gasteiger partial charge is 0.342 e. The molecule has 410 valence electrons. The minimum absolute atomic E-state index is 0.0415. The van der Waals surface area contributed by atoms with Gasteiger partial charge in [0.25, 0.3) is 0 Å². The van der Waals surface area contributed by atoms with Gasteiger partial charge < -0.3 is 33.5 Å². The molecule has 0 amide bonds. The maximum absolute atomic E-state index is 13.1. The van der Waals surface area contributed by atoms with E-state index in [4.69, 9.17) is 28.4 Å². The molecular formula is C61H94O12. The molecule has 0 aromatic heterocycles. The Kier molecular flexibility index (Phi) is 33.1. The molecule has 2 aromatic carbocycles. The van der Waals surface area contributed by atoms with Crippen LogP contribution in [0.3, 0.4) is 0 Å². The van der Waals surface area contributed by atoms with E-state index in [0.29, 0.717) is 54.7 Å². The van der Waals surface area contributed by atoms with Gasteiger partial charge in [-0.1, -0.05) is 192 Å². The fourth-order valence-corrected chi connectivity index (χ4v) is 9.31. The average Bonchev–Trinajstić information content (AvgIpc) is 3.78. The Morgan fingerprint density at radius 2 is 1.08 bits per heavy atom. The Bertz CT molecular complexity index is 1890. The van der Waals surface area contributed by atoms with Gasteiger partial charge in [-0.25, -0.2) is 4.79 Å². The predicted octanol–water partition coefficient (Wildman–Crippen LogP) is 15.1. The first-order chi connectivity index (χ1) is 35.5. The second-order valence-corrected chi connectivity index (χ2v) is 20.3. The van der Waals surface area contributed by atoms with Crippen molar-refractivity contribution in [1.29, 1.82) is 0 Å². The highest BCUT2D eigenvalue weighted by Gasteiger charge is 2.32. The lowest BCUT2D eigenvalue weighted by molar-refractivity contribution is -0.166. The number of allylic oxidation sites excluding steroid dienone is 2. The molecule has 1 aliphatic heterocycles. The number of phenolic OH excluding ortho intramolecular Hbond substituents is 1. The van der Waals surface area contributed by atoms with Gasteiger partial charge in [0.05, 0.1) is 7.11 Å². The highest BCUT2D eigenvalue weighted by molar-refractivity contribution is 5.98. The Morgan fingerprint density at radius 1 is 0.616 bits per heavy atom. The van der Waals surface area contributed by atoms with Crippen molar-refractivity contribution in [1.82, 2.24) is 0 Å². The van der Waals surface area contributed by atoms with Gasteiger partial charge in [-0.05, 0) is 69.2 Å². The fraction of sp³-hybridized carbons (Fsp3) is 0.689. The lowest BCUT2D eigenvalue weighted by Crippen LogP contribution is -2.31. The van der Waals surface area contributed by atoms with Gasteiger partial charge in [-0.3, -0.25) is 19.2 Å². The lowest BCUT2D eigenvalue weighted by Gasteiger charge is -2.18. The molecule has 0 atom stereocenters. The molecule has 12 nitrogen and oxygen atoms in total. The van der Waals surface area contributed by atoms with Crippen molar-refractivity contribution in [2.24, 2.45) is 0 Å². The van der Waals surface area contributed by atoms with Crippen LogP contribution >= 0.6 is 0 Å². The molecule has 2 aromatic rings. The Morgan fingerprint density at radius 3 is 1.55 bits per heavy atom. The summed E-state index contributed by atoms with van der Waals surface area (Å²) < 4.78 is 33.1. The van der Waals surface area contributed by atoms with Gasteiger partial charge in [0.15, 0.2) is 6.10 Å². The van der Waals surface area contributed by atoms with Gasteiger partial charge in [0.2, 0.25) is 0 Å². The van der Waals surface area contributed by atoms with E-state index in [9.17, 15) is 29.1 Å². The van der Waals surface area contributed by atoms with Crippen LogP contribution in [-0.4, -0.2) is 61.4 Å². The van der Waals surface area contributed by atoms with E-state index in [0.717, 1.165) is 55.2 Å². The second kappa shape index (κ2) is 38.7. The summed E-state index contributed by atoms with van der Waals surface area (Å²) in [6.07, 6.45) is 34.4. The number of carbonyl (C=O) groups excluding carboxylic acids is 5. The first kappa shape index (κ1) is 62.4. The number of hydrogen-bond acceptors (Lipinski definition) is 12. The number of unbranched alkanes of at least 4 members (excludes halogenated alkanes) is 24. The molecule has 1 heterocycles. The van der Waals surface area contributed by atoms with Crippen LogP contribution in [0.1, 0.15) is 252 Å². The largest absolute Gasteiger partial charge is 0.507 e. The van der Waals surface area contributed by atoms with Crippen LogP contribution in [0.25, 0.3) is 0 Å². The molecule has 1 N–H and O–H groups in total. The molecular weight excluding hydrogens is 925 g/mol. The minimum Gasteiger partial charge on any atom is -0.507 e. The summed E-state index contributed by atoms with van der Waals surface area (Å²) in [5.74, 6) is -1.46. The zero-order chi connectivity index (χ0) is 52.9. The molecule has 12 heteroatoms. The standard InChI is InChI=1S/C61H94O12/c1-6-8-10-12-14-16-18-20-22-24-26-28-30-32-54(62)69-44-51(45-70-55(63)33-31-29-27-25-23-21-19-17-15-13-11-9-7-2)73-57(65)43-38-49-36-39-50(40-37-49)72-56(64)42-35-47(3)34-41-52-59(66)58-53(46-71-61(58)67)48(4)60(52)68-5/h34,36-37,39-40,51,66H,6-33,35,38,41-46H2,1-5H3/b47-34+. The van der Waals surface area contributed by atoms with Crippen LogP contribution in [-0.2, 0) is 57.6 Å². The first-order valence-corrected chi connectivity index (χ1v) is 28.5.